The van der Waals surface area contributed by atoms with Gasteiger partial charge in [-0.15, -0.1) is 11.3 Å². The Bertz CT molecular complexity index is 269. The van der Waals surface area contributed by atoms with Crippen molar-refractivity contribution >= 4 is 17.1 Å². The van der Waals surface area contributed by atoms with Gasteiger partial charge in [-0.25, -0.2) is 0 Å². The topological polar surface area (TPSA) is 35.5 Å². The maximum absolute atomic E-state index is 11.5. The van der Waals surface area contributed by atoms with Crippen LogP contribution in [0.1, 0.15) is 22.5 Å². The zero-order valence-electron chi connectivity index (χ0n) is 8.90. The van der Waals surface area contributed by atoms with Crippen LogP contribution in [0.25, 0.3) is 0 Å². The molecule has 0 radical (unpaired) electrons. The number of carbonyl (C=O) groups excluding carboxylic acids is 1. The predicted molar refractivity (Wildman–Crippen MR) is 60.6 cm³/mol. The Morgan fingerprint density at radius 3 is 2.93 bits per heavy atom. The number of thiophene rings is 1. The molecule has 0 aliphatic rings. The lowest BCUT2D eigenvalue weighted by Gasteiger charge is -2.02. The average molecular weight is 228 g/mol. The molecule has 0 fully saturated rings. The van der Waals surface area contributed by atoms with Gasteiger partial charge in [-0.05, 0) is 17.9 Å². The smallest absolute Gasteiger partial charge is 0.172 e. The molecule has 0 aromatic carbocycles. The summed E-state index contributed by atoms with van der Waals surface area (Å²) >= 11 is 1.49. The van der Waals surface area contributed by atoms with Crippen molar-refractivity contribution in [3.8, 4) is 0 Å². The lowest BCUT2D eigenvalue weighted by Crippen LogP contribution is -2.05. The fraction of sp³-hybridized carbons (Fsp3) is 0.545. The second-order valence-electron chi connectivity index (χ2n) is 3.11. The van der Waals surface area contributed by atoms with E-state index in [1.54, 1.807) is 7.11 Å². The number of rotatable bonds is 8. The van der Waals surface area contributed by atoms with E-state index in [0.717, 1.165) is 11.3 Å². The monoisotopic (exact) mass is 228 g/mol. The molecule has 0 spiro atoms. The minimum absolute atomic E-state index is 0.209. The molecule has 0 atom stereocenters. The van der Waals surface area contributed by atoms with Crippen LogP contribution in [0.15, 0.2) is 17.5 Å². The van der Waals surface area contributed by atoms with E-state index in [9.17, 15) is 4.79 Å². The van der Waals surface area contributed by atoms with Crippen LogP contribution in [0.2, 0.25) is 0 Å². The van der Waals surface area contributed by atoms with Crippen molar-refractivity contribution in [2.24, 2.45) is 0 Å². The summed E-state index contributed by atoms with van der Waals surface area (Å²) in [7, 11) is 1.64. The summed E-state index contributed by atoms with van der Waals surface area (Å²) in [6.07, 6.45) is 1.34. The van der Waals surface area contributed by atoms with Crippen LogP contribution in [0.3, 0.4) is 0 Å². The Labute approximate surface area is 94.0 Å². The fourth-order valence-corrected chi connectivity index (χ4v) is 1.83. The standard InChI is InChI=1S/C11H16O3S/c1-13-7-8-14-6-2-4-10(12)11-5-3-9-15-11/h3,5,9H,2,4,6-8H2,1H3. The van der Waals surface area contributed by atoms with E-state index in [1.807, 2.05) is 17.5 Å². The maximum atomic E-state index is 11.5. The van der Waals surface area contributed by atoms with E-state index in [4.69, 9.17) is 9.47 Å². The summed E-state index contributed by atoms with van der Waals surface area (Å²) in [6, 6.07) is 3.76. The molecule has 0 bridgehead atoms. The first-order valence-corrected chi connectivity index (χ1v) is 5.86. The molecule has 1 heterocycles. The highest BCUT2D eigenvalue weighted by Gasteiger charge is 2.05. The molecular weight excluding hydrogens is 212 g/mol. The van der Waals surface area contributed by atoms with Crippen molar-refractivity contribution < 1.29 is 14.3 Å². The Morgan fingerprint density at radius 2 is 2.27 bits per heavy atom. The number of hydrogen-bond donors (Lipinski definition) is 0. The summed E-state index contributed by atoms with van der Waals surface area (Å²) in [5.41, 5.74) is 0. The van der Waals surface area contributed by atoms with E-state index < -0.39 is 0 Å². The van der Waals surface area contributed by atoms with Crippen molar-refractivity contribution in [1.82, 2.24) is 0 Å². The molecule has 1 aromatic heterocycles. The molecule has 0 unspecified atom stereocenters. The SMILES string of the molecule is COCCOCCCC(=O)c1cccs1. The molecule has 1 rings (SSSR count). The van der Waals surface area contributed by atoms with Gasteiger partial charge in [0.15, 0.2) is 5.78 Å². The summed E-state index contributed by atoms with van der Waals surface area (Å²) < 4.78 is 10.1. The largest absolute Gasteiger partial charge is 0.382 e. The molecule has 3 nitrogen and oxygen atoms in total. The predicted octanol–water partition coefficient (Wildman–Crippen LogP) is 2.37. The second kappa shape index (κ2) is 7.56. The number of carbonyl (C=O) groups is 1. The van der Waals surface area contributed by atoms with Gasteiger partial charge in [0.25, 0.3) is 0 Å². The first kappa shape index (κ1) is 12.4. The van der Waals surface area contributed by atoms with Crippen LogP contribution < -0.4 is 0 Å². The van der Waals surface area contributed by atoms with Crippen LogP contribution in [-0.4, -0.2) is 32.7 Å². The molecule has 0 amide bonds. The summed E-state index contributed by atoms with van der Waals surface area (Å²) in [6.45, 7) is 1.84. The van der Waals surface area contributed by atoms with Crippen LogP contribution >= 0.6 is 11.3 Å². The first-order valence-electron chi connectivity index (χ1n) is 4.98. The summed E-state index contributed by atoms with van der Waals surface area (Å²) in [5.74, 6) is 0.209. The lowest BCUT2D eigenvalue weighted by atomic mass is 10.2. The van der Waals surface area contributed by atoms with Crippen molar-refractivity contribution in [1.29, 1.82) is 0 Å². The summed E-state index contributed by atoms with van der Waals surface area (Å²) in [4.78, 5) is 12.4. The minimum Gasteiger partial charge on any atom is -0.382 e. The number of Topliss-reactive ketones (excluding diaryl/α,β-unsaturated/α-hetero) is 1. The normalized spacial score (nSPS) is 10.5. The molecule has 1 aromatic rings. The number of hydrogen-bond acceptors (Lipinski definition) is 4. The number of ether oxygens (including phenoxy) is 2. The molecule has 0 saturated heterocycles. The van der Waals surface area contributed by atoms with Gasteiger partial charge < -0.3 is 9.47 Å². The zero-order valence-corrected chi connectivity index (χ0v) is 9.72. The van der Waals surface area contributed by atoms with Crippen LogP contribution in [0.4, 0.5) is 0 Å². The molecular formula is C11H16O3S. The Kier molecular flexibility index (Phi) is 6.23. The number of methoxy groups -OCH3 is 1. The lowest BCUT2D eigenvalue weighted by molar-refractivity contribution is 0.0670. The van der Waals surface area contributed by atoms with Gasteiger partial charge in [0.1, 0.15) is 0 Å². The van der Waals surface area contributed by atoms with E-state index >= 15 is 0 Å². The van der Waals surface area contributed by atoms with Crippen LogP contribution in [-0.2, 0) is 9.47 Å². The third kappa shape index (κ3) is 5.06. The quantitative estimate of drug-likeness (QED) is 0.506. The number of ketones is 1. The van der Waals surface area contributed by atoms with Gasteiger partial charge in [-0.3, -0.25) is 4.79 Å². The second-order valence-corrected chi connectivity index (χ2v) is 4.06. The Hall–Kier alpha value is -0.710. The molecule has 0 aliphatic heterocycles. The van der Waals surface area contributed by atoms with Gasteiger partial charge >= 0.3 is 0 Å². The molecule has 0 saturated carbocycles. The molecule has 0 N–H and O–H groups in total. The molecule has 84 valence electrons. The Balaban J connectivity index is 2.03. The van der Waals surface area contributed by atoms with E-state index in [1.165, 1.54) is 11.3 Å². The van der Waals surface area contributed by atoms with Gasteiger partial charge in [0.05, 0.1) is 18.1 Å². The minimum atomic E-state index is 0.209. The van der Waals surface area contributed by atoms with Crippen LogP contribution in [0, 0.1) is 0 Å². The highest BCUT2D eigenvalue weighted by atomic mass is 32.1. The van der Waals surface area contributed by atoms with E-state index in [2.05, 4.69) is 0 Å². The zero-order chi connectivity index (χ0) is 10.9. The fourth-order valence-electron chi connectivity index (χ4n) is 1.14. The van der Waals surface area contributed by atoms with E-state index in [-0.39, 0.29) is 5.78 Å². The average Bonchev–Trinajstić information content (AvgIpc) is 2.76. The van der Waals surface area contributed by atoms with Crippen LogP contribution in [0.5, 0.6) is 0 Å². The molecule has 0 aliphatic carbocycles. The maximum Gasteiger partial charge on any atom is 0.172 e. The molecule has 4 heteroatoms. The third-order valence-electron chi connectivity index (χ3n) is 1.92. The highest BCUT2D eigenvalue weighted by molar-refractivity contribution is 7.12. The van der Waals surface area contributed by atoms with E-state index in [0.29, 0.717) is 26.2 Å². The van der Waals surface area contributed by atoms with Gasteiger partial charge in [-0.1, -0.05) is 6.07 Å². The Morgan fingerprint density at radius 1 is 1.40 bits per heavy atom. The van der Waals surface area contributed by atoms with Crippen molar-refractivity contribution in [3.63, 3.8) is 0 Å². The van der Waals surface area contributed by atoms with Gasteiger partial charge in [-0.2, -0.15) is 0 Å². The highest BCUT2D eigenvalue weighted by Crippen LogP contribution is 2.12. The van der Waals surface area contributed by atoms with Crippen molar-refractivity contribution in [2.75, 3.05) is 26.9 Å². The van der Waals surface area contributed by atoms with Gasteiger partial charge in [0.2, 0.25) is 0 Å². The van der Waals surface area contributed by atoms with Crippen molar-refractivity contribution in [3.05, 3.63) is 22.4 Å². The third-order valence-corrected chi connectivity index (χ3v) is 2.83. The first-order chi connectivity index (χ1) is 7.34. The van der Waals surface area contributed by atoms with Gasteiger partial charge in [0, 0.05) is 20.1 Å². The summed E-state index contributed by atoms with van der Waals surface area (Å²) in [5, 5.41) is 1.92. The molecule has 15 heavy (non-hydrogen) atoms. The van der Waals surface area contributed by atoms with Crippen molar-refractivity contribution in [2.45, 2.75) is 12.8 Å².